The Morgan fingerprint density at radius 1 is 1.30 bits per heavy atom. The molecule has 1 heterocycles. The predicted octanol–water partition coefficient (Wildman–Crippen LogP) is 2.66. The molecule has 1 aromatic rings. The fourth-order valence-corrected chi connectivity index (χ4v) is 3.47. The summed E-state index contributed by atoms with van der Waals surface area (Å²) < 4.78 is 0. The second-order valence-corrected chi connectivity index (χ2v) is 7.18. The molecule has 128 valence electrons. The van der Waals surface area contributed by atoms with Crippen molar-refractivity contribution in [1.29, 1.82) is 0 Å². The van der Waals surface area contributed by atoms with Crippen molar-refractivity contribution in [2.75, 3.05) is 26.2 Å². The zero-order chi connectivity index (χ0) is 17.0. The number of piperidine rings is 1. The molecular formula is C19H31N3O. The largest absolute Gasteiger partial charge is 0.340 e. The lowest BCUT2D eigenvalue weighted by atomic mass is 9.79. The zero-order valence-electron chi connectivity index (χ0n) is 15.0. The molecule has 2 unspecified atom stereocenters. The van der Waals surface area contributed by atoms with Crippen LogP contribution in [0.15, 0.2) is 30.3 Å². The Kier molecular flexibility index (Phi) is 5.82. The van der Waals surface area contributed by atoms with Gasteiger partial charge in [-0.25, -0.2) is 0 Å². The number of carbonyl (C=O) groups excluding carboxylic acids is 1. The summed E-state index contributed by atoms with van der Waals surface area (Å²) in [5.74, 6) is 0.208. The molecule has 0 radical (unpaired) electrons. The predicted molar refractivity (Wildman–Crippen MR) is 95.1 cm³/mol. The average Bonchev–Trinajstić information content (AvgIpc) is 2.55. The van der Waals surface area contributed by atoms with Gasteiger partial charge in [0.15, 0.2) is 0 Å². The summed E-state index contributed by atoms with van der Waals surface area (Å²) in [6, 6.07) is 10.1. The molecule has 0 spiro atoms. The van der Waals surface area contributed by atoms with Gasteiger partial charge in [-0.15, -0.1) is 0 Å². The van der Waals surface area contributed by atoms with Crippen LogP contribution in [0, 0.1) is 5.41 Å². The van der Waals surface area contributed by atoms with Crippen LogP contribution in [0.2, 0.25) is 0 Å². The molecule has 4 nitrogen and oxygen atoms in total. The van der Waals surface area contributed by atoms with Gasteiger partial charge in [-0.05, 0) is 30.5 Å². The van der Waals surface area contributed by atoms with Gasteiger partial charge in [0.25, 0.3) is 0 Å². The maximum Gasteiger partial charge on any atom is 0.244 e. The van der Waals surface area contributed by atoms with E-state index in [2.05, 4.69) is 44.7 Å². The number of likely N-dealkylation sites (tertiary alicyclic amines) is 1. The highest BCUT2D eigenvalue weighted by atomic mass is 16.2. The topological polar surface area (TPSA) is 49.6 Å². The number of rotatable bonds is 5. The molecule has 0 aliphatic carbocycles. The van der Waals surface area contributed by atoms with Crippen LogP contribution in [-0.2, 0) is 4.79 Å². The van der Waals surface area contributed by atoms with Crippen LogP contribution in [0.5, 0.6) is 0 Å². The van der Waals surface area contributed by atoms with E-state index in [9.17, 15) is 4.79 Å². The Bertz CT molecular complexity index is 511. The minimum absolute atomic E-state index is 0.0294. The molecule has 2 N–H and O–H groups in total. The van der Waals surface area contributed by atoms with Crippen molar-refractivity contribution in [3.63, 3.8) is 0 Å². The van der Waals surface area contributed by atoms with Crippen molar-refractivity contribution in [3.05, 3.63) is 35.9 Å². The number of nitrogens with two attached hydrogens (primary N) is 1. The Hall–Kier alpha value is -1.39. The summed E-state index contributed by atoms with van der Waals surface area (Å²) in [5.41, 5.74) is 7.27. The van der Waals surface area contributed by atoms with E-state index in [1.807, 2.05) is 23.1 Å². The molecule has 23 heavy (non-hydrogen) atoms. The van der Waals surface area contributed by atoms with Gasteiger partial charge in [0.05, 0.1) is 0 Å². The Morgan fingerprint density at radius 2 is 1.91 bits per heavy atom. The number of benzene rings is 1. The van der Waals surface area contributed by atoms with E-state index in [1.165, 1.54) is 0 Å². The molecule has 2 rings (SSSR count). The molecule has 4 heteroatoms. The number of hydrogen-bond acceptors (Lipinski definition) is 3. The quantitative estimate of drug-likeness (QED) is 0.908. The van der Waals surface area contributed by atoms with Crippen LogP contribution >= 0.6 is 0 Å². The normalized spacial score (nSPS) is 22.2. The van der Waals surface area contributed by atoms with E-state index >= 15 is 0 Å². The summed E-state index contributed by atoms with van der Waals surface area (Å²) in [4.78, 5) is 17.5. The first-order chi connectivity index (χ1) is 10.9. The van der Waals surface area contributed by atoms with E-state index in [-0.39, 0.29) is 23.4 Å². The highest BCUT2D eigenvalue weighted by Gasteiger charge is 2.38. The summed E-state index contributed by atoms with van der Waals surface area (Å²) >= 11 is 0. The second kappa shape index (κ2) is 7.45. The van der Waals surface area contributed by atoms with E-state index in [0.29, 0.717) is 0 Å². The number of amides is 1. The maximum absolute atomic E-state index is 13.3. The van der Waals surface area contributed by atoms with Gasteiger partial charge in [-0.1, -0.05) is 58.0 Å². The van der Waals surface area contributed by atoms with Crippen LogP contribution in [-0.4, -0.2) is 47.9 Å². The van der Waals surface area contributed by atoms with E-state index in [1.54, 1.807) is 0 Å². The van der Waals surface area contributed by atoms with E-state index in [0.717, 1.165) is 38.2 Å². The van der Waals surface area contributed by atoms with Crippen molar-refractivity contribution in [2.45, 2.75) is 46.2 Å². The van der Waals surface area contributed by atoms with E-state index in [4.69, 9.17) is 5.73 Å². The average molecular weight is 317 g/mol. The molecule has 0 saturated carbocycles. The third-order valence-corrected chi connectivity index (χ3v) is 5.15. The smallest absolute Gasteiger partial charge is 0.244 e. The summed E-state index contributed by atoms with van der Waals surface area (Å²) in [5, 5.41) is 0. The SMILES string of the molecule is CCN(CC)C(C(=O)N1CCC(N)C(C)(C)C1)c1ccccc1. The monoisotopic (exact) mass is 317 g/mol. The Balaban J connectivity index is 2.27. The number of nitrogens with zero attached hydrogens (tertiary/aromatic N) is 2. The molecule has 1 fully saturated rings. The second-order valence-electron chi connectivity index (χ2n) is 7.18. The van der Waals surface area contributed by atoms with Crippen LogP contribution in [0.3, 0.4) is 0 Å². The lowest BCUT2D eigenvalue weighted by Gasteiger charge is -2.44. The fourth-order valence-electron chi connectivity index (χ4n) is 3.47. The minimum atomic E-state index is -0.198. The van der Waals surface area contributed by atoms with Crippen LogP contribution < -0.4 is 5.73 Å². The summed E-state index contributed by atoms with van der Waals surface area (Å²) in [7, 11) is 0. The van der Waals surface area contributed by atoms with Crippen molar-refractivity contribution in [1.82, 2.24) is 9.80 Å². The summed E-state index contributed by atoms with van der Waals surface area (Å²) in [6.07, 6.45) is 0.874. The minimum Gasteiger partial charge on any atom is -0.340 e. The molecule has 1 aliphatic rings. The first-order valence-corrected chi connectivity index (χ1v) is 8.74. The van der Waals surface area contributed by atoms with Gasteiger partial charge >= 0.3 is 0 Å². The van der Waals surface area contributed by atoms with Crippen molar-refractivity contribution < 1.29 is 4.79 Å². The van der Waals surface area contributed by atoms with Crippen molar-refractivity contribution >= 4 is 5.91 Å². The Morgan fingerprint density at radius 3 is 2.43 bits per heavy atom. The highest BCUT2D eigenvalue weighted by molar-refractivity contribution is 5.83. The maximum atomic E-state index is 13.3. The van der Waals surface area contributed by atoms with Gasteiger partial charge in [-0.3, -0.25) is 9.69 Å². The fraction of sp³-hybridized carbons (Fsp3) is 0.632. The first-order valence-electron chi connectivity index (χ1n) is 8.74. The van der Waals surface area contributed by atoms with Gasteiger partial charge in [-0.2, -0.15) is 0 Å². The third kappa shape index (κ3) is 3.93. The van der Waals surface area contributed by atoms with Gasteiger partial charge < -0.3 is 10.6 Å². The third-order valence-electron chi connectivity index (χ3n) is 5.15. The molecular weight excluding hydrogens is 286 g/mol. The number of carbonyl (C=O) groups is 1. The zero-order valence-corrected chi connectivity index (χ0v) is 15.0. The number of likely N-dealkylation sites (N-methyl/N-ethyl adjacent to an activating group) is 1. The van der Waals surface area contributed by atoms with Crippen LogP contribution in [0.1, 0.15) is 45.7 Å². The summed E-state index contributed by atoms with van der Waals surface area (Å²) in [6.45, 7) is 11.8. The van der Waals surface area contributed by atoms with E-state index < -0.39 is 0 Å². The number of hydrogen-bond donors (Lipinski definition) is 1. The lowest BCUT2D eigenvalue weighted by molar-refractivity contribution is -0.140. The molecule has 2 atom stereocenters. The van der Waals surface area contributed by atoms with Gasteiger partial charge in [0, 0.05) is 19.1 Å². The molecule has 1 aliphatic heterocycles. The standard InChI is InChI=1S/C19H31N3O/c1-5-21(6-2)17(15-10-8-7-9-11-15)18(23)22-13-12-16(20)19(3,4)14-22/h7-11,16-17H,5-6,12-14,20H2,1-4H3. The van der Waals surface area contributed by atoms with Gasteiger partial charge in [0.1, 0.15) is 6.04 Å². The van der Waals surface area contributed by atoms with Crippen LogP contribution in [0.4, 0.5) is 0 Å². The van der Waals surface area contributed by atoms with Crippen molar-refractivity contribution in [3.8, 4) is 0 Å². The molecule has 1 saturated heterocycles. The highest BCUT2D eigenvalue weighted by Crippen LogP contribution is 2.31. The molecule has 0 bridgehead atoms. The molecule has 0 aromatic heterocycles. The lowest BCUT2D eigenvalue weighted by Crippen LogP contribution is -2.56. The molecule has 1 aromatic carbocycles. The van der Waals surface area contributed by atoms with Crippen LogP contribution in [0.25, 0.3) is 0 Å². The first kappa shape index (κ1) is 18.0. The Labute approximate surface area is 140 Å². The van der Waals surface area contributed by atoms with Crippen molar-refractivity contribution in [2.24, 2.45) is 11.1 Å². The molecule has 1 amide bonds. The van der Waals surface area contributed by atoms with Gasteiger partial charge in [0.2, 0.25) is 5.91 Å².